The number of hydrogen-bond acceptors (Lipinski definition) is 5. The number of ether oxygens (including phenoxy) is 1. The van der Waals surface area contributed by atoms with Crippen LogP contribution in [0.25, 0.3) is 0 Å². The van der Waals surface area contributed by atoms with Crippen LogP contribution in [0.1, 0.15) is 54.5 Å². The van der Waals surface area contributed by atoms with E-state index in [-0.39, 0.29) is 0 Å². The van der Waals surface area contributed by atoms with E-state index in [0.29, 0.717) is 19.2 Å². The average Bonchev–Trinajstić information content (AvgIpc) is 3.11. The number of guanidine groups is 1. The van der Waals surface area contributed by atoms with E-state index in [1.807, 2.05) is 24.5 Å². The summed E-state index contributed by atoms with van der Waals surface area (Å²) in [5.41, 5.74) is 1.06. The minimum absolute atomic E-state index is 0.328. The first-order chi connectivity index (χ1) is 13.2. The highest BCUT2D eigenvalue weighted by atomic mass is 32.1. The minimum Gasteiger partial charge on any atom is -0.474 e. The smallest absolute Gasteiger partial charge is 0.213 e. The van der Waals surface area contributed by atoms with Gasteiger partial charge in [-0.2, -0.15) is 0 Å². The number of aryl methyl sites for hydroxylation is 1. The SMILES string of the molecule is CCNC(=NCc1ccc(OC2CCCCC2)nc1)NCc1ncc(C)s1. The number of pyridine rings is 1. The van der Waals surface area contributed by atoms with E-state index >= 15 is 0 Å². The summed E-state index contributed by atoms with van der Waals surface area (Å²) in [5, 5.41) is 7.65. The third kappa shape index (κ3) is 6.50. The van der Waals surface area contributed by atoms with Crippen molar-refractivity contribution in [1.29, 1.82) is 0 Å². The number of aromatic nitrogens is 2. The largest absolute Gasteiger partial charge is 0.474 e. The standard InChI is InChI=1S/C20H29N5OS/c1-3-21-20(25-14-19-23-11-15(2)27-19)24-13-16-9-10-18(22-12-16)26-17-7-5-4-6-8-17/h9-12,17H,3-8,13-14H2,1-2H3,(H2,21,24,25). The van der Waals surface area contributed by atoms with Crippen LogP contribution >= 0.6 is 11.3 Å². The summed E-state index contributed by atoms with van der Waals surface area (Å²) in [7, 11) is 0. The Morgan fingerprint density at radius 1 is 1.19 bits per heavy atom. The average molecular weight is 388 g/mol. The summed E-state index contributed by atoms with van der Waals surface area (Å²) in [6, 6.07) is 4.00. The Balaban J connectivity index is 1.51. The van der Waals surface area contributed by atoms with E-state index < -0.39 is 0 Å². The highest BCUT2D eigenvalue weighted by Gasteiger charge is 2.15. The van der Waals surface area contributed by atoms with Crippen LogP contribution in [0.5, 0.6) is 5.88 Å². The Bertz CT molecular complexity index is 722. The fraction of sp³-hybridized carbons (Fsp3) is 0.550. The first-order valence-corrected chi connectivity index (χ1v) is 10.6. The quantitative estimate of drug-likeness (QED) is 0.558. The molecule has 0 aliphatic heterocycles. The van der Waals surface area contributed by atoms with Gasteiger partial charge in [0.25, 0.3) is 0 Å². The van der Waals surface area contributed by atoms with Crippen molar-refractivity contribution in [2.24, 2.45) is 4.99 Å². The number of hydrogen-bond donors (Lipinski definition) is 2. The number of nitrogens with zero attached hydrogens (tertiary/aromatic N) is 3. The number of nitrogens with one attached hydrogen (secondary N) is 2. The third-order valence-electron chi connectivity index (χ3n) is 4.48. The van der Waals surface area contributed by atoms with Gasteiger partial charge in [0.1, 0.15) is 11.1 Å². The molecule has 0 unspecified atom stereocenters. The summed E-state index contributed by atoms with van der Waals surface area (Å²) in [4.78, 5) is 14.7. The van der Waals surface area contributed by atoms with Gasteiger partial charge < -0.3 is 15.4 Å². The molecule has 1 aliphatic carbocycles. The first kappa shape index (κ1) is 19.6. The van der Waals surface area contributed by atoms with Gasteiger partial charge in [-0.1, -0.05) is 12.5 Å². The molecule has 27 heavy (non-hydrogen) atoms. The predicted molar refractivity (Wildman–Crippen MR) is 110 cm³/mol. The van der Waals surface area contributed by atoms with Crippen LogP contribution in [0, 0.1) is 6.92 Å². The second kappa shape index (κ2) is 10.3. The van der Waals surface area contributed by atoms with Gasteiger partial charge in [-0.3, -0.25) is 0 Å². The Kier molecular flexibility index (Phi) is 7.45. The van der Waals surface area contributed by atoms with Crippen molar-refractivity contribution in [3.8, 4) is 5.88 Å². The lowest BCUT2D eigenvalue weighted by atomic mass is 9.98. The second-order valence-electron chi connectivity index (χ2n) is 6.80. The van der Waals surface area contributed by atoms with Crippen molar-refractivity contribution >= 4 is 17.3 Å². The molecule has 3 rings (SSSR count). The molecule has 0 aromatic carbocycles. The van der Waals surface area contributed by atoms with Crippen LogP contribution in [0.3, 0.4) is 0 Å². The maximum Gasteiger partial charge on any atom is 0.213 e. The van der Waals surface area contributed by atoms with Gasteiger partial charge in [0.15, 0.2) is 5.96 Å². The van der Waals surface area contributed by atoms with Gasteiger partial charge in [-0.05, 0) is 45.1 Å². The zero-order chi connectivity index (χ0) is 18.9. The molecule has 2 N–H and O–H groups in total. The topological polar surface area (TPSA) is 71.4 Å². The molecule has 2 aromatic rings. The van der Waals surface area contributed by atoms with Gasteiger partial charge in [0, 0.05) is 29.9 Å². The lowest BCUT2D eigenvalue weighted by Crippen LogP contribution is -2.36. The maximum absolute atomic E-state index is 5.99. The molecular formula is C20H29N5OS. The highest BCUT2D eigenvalue weighted by Crippen LogP contribution is 2.22. The van der Waals surface area contributed by atoms with Crippen molar-refractivity contribution in [3.63, 3.8) is 0 Å². The molecular weight excluding hydrogens is 358 g/mol. The summed E-state index contributed by atoms with van der Waals surface area (Å²) >= 11 is 1.70. The van der Waals surface area contributed by atoms with Crippen LogP contribution in [-0.2, 0) is 13.1 Å². The molecule has 0 bridgehead atoms. The second-order valence-corrected chi connectivity index (χ2v) is 8.12. The Labute approximate surface area is 165 Å². The zero-order valence-corrected chi connectivity index (χ0v) is 17.0. The molecule has 6 nitrogen and oxygen atoms in total. The van der Waals surface area contributed by atoms with Gasteiger partial charge in [-0.15, -0.1) is 11.3 Å². The molecule has 1 saturated carbocycles. The maximum atomic E-state index is 5.99. The number of aliphatic imine (C=N–C) groups is 1. The fourth-order valence-corrected chi connectivity index (χ4v) is 3.81. The monoisotopic (exact) mass is 387 g/mol. The molecule has 0 atom stereocenters. The van der Waals surface area contributed by atoms with Crippen LogP contribution in [0.4, 0.5) is 0 Å². The summed E-state index contributed by atoms with van der Waals surface area (Å²) in [5.74, 6) is 1.51. The van der Waals surface area contributed by atoms with Crippen LogP contribution < -0.4 is 15.4 Å². The van der Waals surface area contributed by atoms with Gasteiger partial charge in [0.2, 0.25) is 5.88 Å². The van der Waals surface area contributed by atoms with E-state index in [9.17, 15) is 0 Å². The minimum atomic E-state index is 0.328. The predicted octanol–water partition coefficient (Wildman–Crippen LogP) is 3.81. The van der Waals surface area contributed by atoms with Crippen molar-refractivity contribution < 1.29 is 4.74 Å². The van der Waals surface area contributed by atoms with Gasteiger partial charge in [0.05, 0.1) is 13.1 Å². The summed E-state index contributed by atoms with van der Waals surface area (Å²) < 4.78 is 5.99. The van der Waals surface area contributed by atoms with E-state index in [2.05, 4.69) is 39.4 Å². The molecule has 0 spiro atoms. The van der Waals surface area contributed by atoms with Crippen LogP contribution in [0.15, 0.2) is 29.5 Å². The summed E-state index contributed by atoms with van der Waals surface area (Å²) in [6.45, 7) is 6.19. The van der Waals surface area contributed by atoms with Gasteiger partial charge >= 0.3 is 0 Å². The van der Waals surface area contributed by atoms with E-state index in [1.165, 1.54) is 24.1 Å². The van der Waals surface area contributed by atoms with E-state index in [4.69, 9.17) is 4.74 Å². The molecule has 1 fully saturated rings. The molecule has 1 aliphatic rings. The first-order valence-electron chi connectivity index (χ1n) is 9.78. The van der Waals surface area contributed by atoms with Gasteiger partial charge in [-0.25, -0.2) is 15.0 Å². The van der Waals surface area contributed by atoms with Crippen molar-refractivity contribution in [2.45, 2.75) is 65.1 Å². The zero-order valence-electron chi connectivity index (χ0n) is 16.2. The molecule has 2 heterocycles. The van der Waals surface area contributed by atoms with Crippen molar-refractivity contribution in [2.75, 3.05) is 6.54 Å². The third-order valence-corrected chi connectivity index (χ3v) is 5.39. The normalized spacial score (nSPS) is 15.6. The Hall–Kier alpha value is -2.15. The summed E-state index contributed by atoms with van der Waals surface area (Å²) in [6.07, 6.45) is 10.2. The molecule has 146 valence electrons. The molecule has 7 heteroatoms. The van der Waals surface area contributed by atoms with Crippen LogP contribution in [-0.4, -0.2) is 28.6 Å². The van der Waals surface area contributed by atoms with Crippen molar-refractivity contribution in [3.05, 3.63) is 40.0 Å². The van der Waals surface area contributed by atoms with E-state index in [1.54, 1.807) is 11.3 Å². The van der Waals surface area contributed by atoms with E-state index in [0.717, 1.165) is 41.8 Å². The fourth-order valence-electron chi connectivity index (χ4n) is 3.08. The Morgan fingerprint density at radius 2 is 2.04 bits per heavy atom. The molecule has 0 radical (unpaired) electrons. The van der Waals surface area contributed by atoms with Crippen LogP contribution in [0.2, 0.25) is 0 Å². The number of rotatable bonds is 7. The highest BCUT2D eigenvalue weighted by molar-refractivity contribution is 7.11. The molecule has 0 saturated heterocycles. The molecule has 0 amide bonds. The Morgan fingerprint density at radius 3 is 2.70 bits per heavy atom. The lowest BCUT2D eigenvalue weighted by molar-refractivity contribution is 0.148. The lowest BCUT2D eigenvalue weighted by Gasteiger charge is -2.22. The van der Waals surface area contributed by atoms with Crippen molar-refractivity contribution in [1.82, 2.24) is 20.6 Å². The number of thiazole rings is 1. The molecule has 2 aromatic heterocycles.